The van der Waals surface area contributed by atoms with Crippen molar-refractivity contribution >= 4 is 5.91 Å². The highest BCUT2D eigenvalue weighted by atomic mass is 16.4. The van der Waals surface area contributed by atoms with E-state index in [0.717, 1.165) is 30.8 Å². The van der Waals surface area contributed by atoms with E-state index in [0.29, 0.717) is 6.04 Å². The van der Waals surface area contributed by atoms with Crippen molar-refractivity contribution in [1.82, 2.24) is 10.3 Å². The molecule has 0 aliphatic carbocycles. The second kappa shape index (κ2) is 6.56. The largest absolute Gasteiger partial charge is 0.456 e. The predicted molar refractivity (Wildman–Crippen MR) is 70.9 cm³/mol. The lowest BCUT2D eigenvalue weighted by atomic mass is 10.2. The molecule has 0 aromatic carbocycles. The second-order valence-electron chi connectivity index (χ2n) is 4.73. The van der Waals surface area contributed by atoms with Crippen molar-refractivity contribution < 1.29 is 9.21 Å². The molecular weight excluding hydrogens is 230 g/mol. The third-order valence-electron chi connectivity index (χ3n) is 2.99. The van der Waals surface area contributed by atoms with Gasteiger partial charge < -0.3 is 4.42 Å². The summed E-state index contributed by atoms with van der Waals surface area (Å²) in [5.41, 5.74) is 3.11. The van der Waals surface area contributed by atoms with Crippen LogP contribution in [-0.4, -0.2) is 23.4 Å². The van der Waals surface area contributed by atoms with Gasteiger partial charge in [-0.3, -0.25) is 15.1 Å². The number of carbonyl (C=O) groups excluding carboxylic acids is 1. The molecular formula is C13H23N3O2. The van der Waals surface area contributed by atoms with Crippen LogP contribution in [0.2, 0.25) is 0 Å². The summed E-state index contributed by atoms with van der Waals surface area (Å²) in [7, 11) is 0. The molecule has 0 saturated carbocycles. The zero-order valence-corrected chi connectivity index (χ0v) is 11.6. The molecule has 0 aliphatic rings. The number of nitrogens with two attached hydrogens (primary N) is 1. The molecule has 0 atom stereocenters. The van der Waals surface area contributed by atoms with Gasteiger partial charge in [-0.1, -0.05) is 6.92 Å². The first kappa shape index (κ1) is 14.7. The molecule has 3 N–H and O–H groups in total. The number of nitrogen functional groups attached to an aromatic ring is 1. The number of aryl methyl sites for hydroxylation is 1. The molecule has 102 valence electrons. The van der Waals surface area contributed by atoms with Crippen LogP contribution in [-0.2, 0) is 6.54 Å². The van der Waals surface area contributed by atoms with E-state index in [2.05, 4.69) is 31.1 Å². The van der Waals surface area contributed by atoms with E-state index in [1.54, 1.807) is 6.07 Å². The first-order valence-electron chi connectivity index (χ1n) is 6.33. The van der Waals surface area contributed by atoms with Crippen molar-refractivity contribution in [2.24, 2.45) is 5.84 Å². The summed E-state index contributed by atoms with van der Waals surface area (Å²) in [4.78, 5) is 13.7. The molecule has 1 aromatic rings. The van der Waals surface area contributed by atoms with Gasteiger partial charge in [0.15, 0.2) is 5.76 Å². The maximum Gasteiger partial charge on any atom is 0.300 e. The number of amides is 1. The fourth-order valence-corrected chi connectivity index (χ4v) is 1.89. The van der Waals surface area contributed by atoms with Crippen LogP contribution in [0.15, 0.2) is 10.5 Å². The summed E-state index contributed by atoms with van der Waals surface area (Å²) >= 11 is 0. The van der Waals surface area contributed by atoms with Gasteiger partial charge in [0, 0.05) is 18.2 Å². The van der Waals surface area contributed by atoms with E-state index in [1.807, 2.05) is 6.92 Å². The van der Waals surface area contributed by atoms with Crippen LogP contribution in [0.25, 0.3) is 0 Å². The van der Waals surface area contributed by atoms with Crippen molar-refractivity contribution in [3.05, 3.63) is 23.2 Å². The van der Waals surface area contributed by atoms with E-state index >= 15 is 0 Å². The van der Waals surface area contributed by atoms with Crippen molar-refractivity contribution in [2.45, 2.75) is 46.7 Å². The minimum absolute atomic E-state index is 0.269. The van der Waals surface area contributed by atoms with Gasteiger partial charge in [-0.15, -0.1) is 0 Å². The topological polar surface area (TPSA) is 71.5 Å². The average Bonchev–Trinajstić information content (AvgIpc) is 2.69. The number of carbonyl (C=O) groups is 1. The molecule has 0 radical (unpaired) electrons. The molecule has 18 heavy (non-hydrogen) atoms. The summed E-state index contributed by atoms with van der Waals surface area (Å²) in [5.74, 6) is 5.74. The third kappa shape index (κ3) is 3.58. The maximum atomic E-state index is 11.4. The summed E-state index contributed by atoms with van der Waals surface area (Å²) in [5, 5.41) is 0. The Morgan fingerprint density at radius 1 is 1.56 bits per heavy atom. The van der Waals surface area contributed by atoms with Crippen LogP contribution in [0.5, 0.6) is 0 Å². The normalized spacial score (nSPS) is 11.3. The standard InChI is InChI=1S/C13H23N3O2/c1-5-6-16(9(2)3)8-11-7-12(13(17)15-14)18-10(11)4/h7,9H,5-6,8,14H2,1-4H3,(H,15,17). The fraction of sp³-hybridized carbons (Fsp3) is 0.615. The molecule has 0 saturated heterocycles. The predicted octanol–water partition coefficient (Wildman–Crippen LogP) is 1.81. The Labute approximate surface area is 108 Å². The Bertz CT molecular complexity index is 399. The first-order chi connectivity index (χ1) is 8.49. The molecule has 0 bridgehead atoms. The minimum Gasteiger partial charge on any atom is -0.456 e. The van der Waals surface area contributed by atoms with Crippen molar-refractivity contribution in [3.63, 3.8) is 0 Å². The third-order valence-corrected chi connectivity index (χ3v) is 2.99. The molecule has 5 heteroatoms. The highest BCUT2D eigenvalue weighted by Crippen LogP contribution is 2.18. The number of rotatable bonds is 6. The van der Waals surface area contributed by atoms with Crippen molar-refractivity contribution in [1.29, 1.82) is 0 Å². The monoisotopic (exact) mass is 253 g/mol. The highest BCUT2D eigenvalue weighted by Gasteiger charge is 2.16. The van der Waals surface area contributed by atoms with E-state index < -0.39 is 5.91 Å². The average molecular weight is 253 g/mol. The van der Waals surface area contributed by atoms with E-state index in [1.165, 1.54) is 0 Å². The lowest BCUT2D eigenvalue weighted by Crippen LogP contribution is -2.31. The second-order valence-corrected chi connectivity index (χ2v) is 4.73. The minimum atomic E-state index is -0.393. The molecule has 1 rings (SSSR count). The van der Waals surface area contributed by atoms with Crippen LogP contribution in [0, 0.1) is 6.92 Å². The Morgan fingerprint density at radius 3 is 2.72 bits per heavy atom. The molecule has 1 aromatic heterocycles. The van der Waals surface area contributed by atoms with Gasteiger partial charge in [0.25, 0.3) is 0 Å². The van der Waals surface area contributed by atoms with Gasteiger partial charge >= 0.3 is 5.91 Å². The Hall–Kier alpha value is -1.33. The van der Waals surface area contributed by atoms with Crippen LogP contribution < -0.4 is 11.3 Å². The van der Waals surface area contributed by atoms with Crippen LogP contribution >= 0.6 is 0 Å². The summed E-state index contributed by atoms with van der Waals surface area (Å²) in [6.45, 7) is 10.2. The van der Waals surface area contributed by atoms with E-state index in [4.69, 9.17) is 10.3 Å². The van der Waals surface area contributed by atoms with Gasteiger partial charge in [-0.05, 0) is 39.8 Å². The van der Waals surface area contributed by atoms with Gasteiger partial charge in [-0.2, -0.15) is 0 Å². The Balaban J connectivity index is 2.83. The number of hydrogen-bond donors (Lipinski definition) is 2. The number of hydrazine groups is 1. The van der Waals surface area contributed by atoms with Crippen LogP contribution in [0.1, 0.15) is 49.1 Å². The molecule has 0 fully saturated rings. The van der Waals surface area contributed by atoms with Crippen LogP contribution in [0.3, 0.4) is 0 Å². The fourth-order valence-electron chi connectivity index (χ4n) is 1.89. The molecule has 5 nitrogen and oxygen atoms in total. The van der Waals surface area contributed by atoms with Gasteiger partial charge in [0.1, 0.15) is 5.76 Å². The van der Waals surface area contributed by atoms with Gasteiger partial charge in [0.05, 0.1) is 0 Å². The van der Waals surface area contributed by atoms with E-state index in [9.17, 15) is 4.79 Å². The smallest absolute Gasteiger partial charge is 0.300 e. The summed E-state index contributed by atoms with van der Waals surface area (Å²) in [6.07, 6.45) is 1.10. The number of furan rings is 1. The van der Waals surface area contributed by atoms with E-state index in [-0.39, 0.29) is 5.76 Å². The number of nitrogens with one attached hydrogen (secondary N) is 1. The zero-order chi connectivity index (χ0) is 13.7. The maximum absolute atomic E-state index is 11.4. The van der Waals surface area contributed by atoms with Crippen LogP contribution in [0.4, 0.5) is 0 Å². The summed E-state index contributed by atoms with van der Waals surface area (Å²) in [6, 6.07) is 2.23. The lowest BCUT2D eigenvalue weighted by Gasteiger charge is -2.25. The molecule has 1 heterocycles. The molecule has 1 amide bonds. The quantitative estimate of drug-likeness (QED) is 0.461. The van der Waals surface area contributed by atoms with Gasteiger partial charge in [0.2, 0.25) is 0 Å². The molecule has 0 aliphatic heterocycles. The molecule has 0 unspecified atom stereocenters. The SMILES string of the molecule is CCCN(Cc1cc(C(=O)NN)oc1C)C(C)C. The van der Waals surface area contributed by atoms with Crippen molar-refractivity contribution in [3.8, 4) is 0 Å². The highest BCUT2D eigenvalue weighted by molar-refractivity contribution is 5.91. The zero-order valence-electron chi connectivity index (χ0n) is 11.6. The number of hydrogen-bond acceptors (Lipinski definition) is 4. The molecule has 0 spiro atoms. The lowest BCUT2D eigenvalue weighted by molar-refractivity contribution is 0.0924. The van der Waals surface area contributed by atoms with Gasteiger partial charge in [-0.25, -0.2) is 5.84 Å². The first-order valence-corrected chi connectivity index (χ1v) is 6.33. The Kier molecular flexibility index (Phi) is 5.37. The number of nitrogens with zero attached hydrogens (tertiary/aromatic N) is 1. The summed E-state index contributed by atoms with van der Waals surface area (Å²) < 4.78 is 5.41. The Morgan fingerprint density at radius 2 is 2.22 bits per heavy atom. The van der Waals surface area contributed by atoms with Crippen molar-refractivity contribution in [2.75, 3.05) is 6.54 Å².